The van der Waals surface area contributed by atoms with Crippen molar-refractivity contribution in [1.29, 1.82) is 0 Å². The number of nitrogens with zero attached hydrogens (tertiary/aromatic N) is 2. The maximum Gasteiger partial charge on any atom is 0.219 e. The van der Waals surface area contributed by atoms with Crippen molar-refractivity contribution >= 4 is 11.6 Å². The van der Waals surface area contributed by atoms with Crippen molar-refractivity contribution in [2.45, 2.75) is 13.3 Å². The Morgan fingerprint density at radius 2 is 1.78 bits per heavy atom. The number of nitrogen functional groups attached to an aromatic ring is 1. The summed E-state index contributed by atoms with van der Waals surface area (Å²) in [5.41, 5.74) is 7.79. The molecule has 1 fully saturated rings. The van der Waals surface area contributed by atoms with Crippen molar-refractivity contribution in [2.75, 3.05) is 38.5 Å². The molecule has 0 radical (unpaired) electrons. The van der Waals surface area contributed by atoms with E-state index in [-0.39, 0.29) is 5.91 Å². The predicted molar refractivity (Wildman–Crippen MR) is 73.3 cm³/mol. The molecular weight excluding hydrogens is 226 g/mol. The number of rotatable bonds is 3. The number of carbonyl (C=O) groups is 1. The molecule has 2 rings (SSSR count). The molecule has 1 aromatic carbocycles. The minimum atomic E-state index is 0.188. The van der Waals surface area contributed by atoms with Gasteiger partial charge >= 0.3 is 0 Å². The zero-order chi connectivity index (χ0) is 13.0. The van der Waals surface area contributed by atoms with E-state index < -0.39 is 0 Å². The Kier molecular flexibility index (Phi) is 4.20. The molecule has 0 bridgehead atoms. The lowest BCUT2D eigenvalue weighted by Gasteiger charge is -2.34. The molecule has 1 aliphatic rings. The highest BCUT2D eigenvalue weighted by atomic mass is 16.2. The summed E-state index contributed by atoms with van der Waals surface area (Å²) in [5.74, 6) is 0.188. The summed E-state index contributed by atoms with van der Waals surface area (Å²) in [6, 6.07) is 8.06. The molecule has 98 valence electrons. The molecular formula is C14H21N3O. The number of anilines is 1. The number of nitrogens with two attached hydrogens (primary N) is 1. The summed E-state index contributed by atoms with van der Waals surface area (Å²) in [6.07, 6.45) is 1.04. The van der Waals surface area contributed by atoms with Crippen molar-refractivity contribution in [1.82, 2.24) is 9.80 Å². The van der Waals surface area contributed by atoms with Gasteiger partial charge in [-0.2, -0.15) is 0 Å². The Balaban J connectivity index is 1.75. The quantitative estimate of drug-likeness (QED) is 0.810. The molecule has 0 saturated carbocycles. The first kappa shape index (κ1) is 12.9. The van der Waals surface area contributed by atoms with Crippen LogP contribution in [-0.4, -0.2) is 48.4 Å². The lowest BCUT2D eigenvalue weighted by Crippen LogP contribution is -2.48. The third kappa shape index (κ3) is 3.47. The van der Waals surface area contributed by atoms with Crippen LogP contribution in [0.3, 0.4) is 0 Å². The van der Waals surface area contributed by atoms with Crippen LogP contribution in [0.4, 0.5) is 5.69 Å². The van der Waals surface area contributed by atoms with E-state index in [1.54, 1.807) is 6.92 Å². The molecule has 0 unspecified atom stereocenters. The fourth-order valence-electron chi connectivity index (χ4n) is 2.26. The fourth-order valence-corrected chi connectivity index (χ4v) is 2.26. The summed E-state index contributed by atoms with van der Waals surface area (Å²) >= 11 is 0. The highest BCUT2D eigenvalue weighted by Crippen LogP contribution is 2.08. The first-order chi connectivity index (χ1) is 8.65. The van der Waals surface area contributed by atoms with Gasteiger partial charge in [0.2, 0.25) is 5.91 Å². The van der Waals surface area contributed by atoms with Gasteiger partial charge < -0.3 is 10.6 Å². The van der Waals surface area contributed by atoms with Crippen molar-refractivity contribution in [3.05, 3.63) is 29.8 Å². The van der Waals surface area contributed by atoms with E-state index in [4.69, 9.17) is 5.73 Å². The van der Waals surface area contributed by atoms with E-state index in [1.165, 1.54) is 5.56 Å². The van der Waals surface area contributed by atoms with Crippen LogP contribution in [0.15, 0.2) is 24.3 Å². The van der Waals surface area contributed by atoms with Gasteiger partial charge in [-0.3, -0.25) is 9.69 Å². The summed E-state index contributed by atoms with van der Waals surface area (Å²) < 4.78 is 0. The fraction of sp³-hybridized carbons (Fsp3) is 0.500. The first-order valence-corrected chi connectivity index (χ1v) is 6.47. The Morgan fingerprint density at radius 3 is 2.33 bits per heavy atom. The van der Waals surface area contributed by atoms with Crippen molar-refractivity contribution in [3.63, 3.8) is 0 Å². The van der Waals surface area contributed by atoms with Crippen LogP contribution >= 0.6 is 0 Å². The SMILES string of the molecule is CC(=O)N1CCN(CCc2ccc(N)cc2)CC1. The Hall–Kier alpha value is -1.55. The van der Waals surface area contributed by atoms with Crippen molar-refractivity contribution in [2.24, 2.45) is 0 Å². The van der Waals surface area contributed by atoms with Crippen LogP contribution in [0.2, 0.25) is 0 Å². The molecule has 0 spiro atoms. The second-order valence-corrected chi connectivity index (χ2v) is 4.84. The standard InChI is InChI=1S/C14H21N3O/c1-12(18)17-10-8-16(9-11-17)7-6-13-2-4-14(15)5-3-13/h2-5H,6-11,15H2,1H3. The second-order valence-electron chi connectivity index (χ2n) is 4.84. The van der Waals surface area contributed by atoms with Crippen molar-refractivity contribution < 1.29 is 4.79 Å². The van der Waals surface area contributed by atoms with E-state index in [0.717, 1.165) is 44.8 Å². The summed E-state index contributed by atoms with van der Waals surface area (Å²) in [5, 5.41) is 0. The maximum atomic E-state index is 11.2. The largest absolute Gasteiger partial charge is 0.399 e. The average Bonchev–Trinajstić information content (AvgIpc) is 2.38. The van der Waals surface area contributed by atoms with Crippen LogP contribution in [0.1, 0.15) is 12.5 Å². The Labute approximate surface area is 108 Å². The van der Waals surface area contributed by atoms with E-state index >= 15 is 0 Å². The maximum absolute atomic E-state index is 11.2. The number of benzene rings is 1. The van der Waals surface area contributed by atoms with Crippen LogP contribution in [-0.2, 0) is 11.2 Å². The van der Waals surface area contributed by atoms with Crippen molar-refractivity contribution in [3.8, 4) is 0 Å². The molecule has 2 N–H and O–H groups in total. The highest BCUT2D eigenvalue weighted by molar-refractivity contribution is 5.73. The van der Waals surface area contributed by atoms with Gasteiger partial charge in [0.1, 0.15) is 0 Å². The molecule has 4 heteroatoms. The summed E-state index contributed by atoms with van der Waals surface area (Å²) in [7, 11) is 0. The smallest absolute Gasteiger partial charge is 0.219 e. The average molecular weight is 247 g/mol. The van der Waals surface area contributed by atoms with Gasteiger partial charge in [0.25, 0.3) is 0 Å². The number of hydrogen-bond acceptors (Lipinski definition) is 3. The van der Waals surface area contributed by atoms with Crippen LogP contribution in [0, 0.1) is 0 Å². The van der Waals surface area contributed by atoms with E-state index in [9.17, 15) is 4.79 Å². The van der Waals surface area contributed by atoms with Gasteiger partial charge in [-0.05, 0) is 24.1 Å². The molecule has 0 aliphatic carbocycles. The third-order valence-corrected chi connectivity index (χ3v) is 3.51. The second kappa shape index (κ2) is 5.87. The zero-order valence-corrected chi connectivity index (χ0v) is 10.9. The van der Waals surface area contributed by atoms with Crippen LogP contribution in [0.25, 0.3) is 0 Å². The monoisotopic (exact) mass is 247 g/mol. The van der Waals surface area contributed by atoms with Gasteiger partial charge in [-0.15, -0.1) is 0 Å². The van der Waals surface area contributed by atoms with Gasteiger partial charge in [-0.1, -0.05) is 12.1 Å². The number of amides is 1. The lowest BCUT2D eigenvalue weighted by atomic mass is 10.1. The summed E-state index contributed by atoms with van der Waals surface area (Å²) in [4.78, 5) is 15.5. The highest BCUT2D eigenvalue weighted by Gasteiger charge is 2.17. The van der Waals surface area contributed by atoms with E-state index in [1.807, 2.05) is 17.0 Å². The van der Waals surface area contributed by atoms with Gasteiger partial charge in [0.15, 0.2) is 0 Å². The molecule has 18 heavy (non-hydrogen) atoms. The van der Waals surface area contributed by atoms with Crippen LogP contribution < -0.4 is 5.73 Å². The van der Waals surface area contributed by atoms with Crippen LogP contribution in [0.5, 0.6) is 0 Å². The lowest BCUT2D eigenvalue weighted by molar-refractivity contribution is -0.130. The Morgan fingerprint density at radius 1 is 1.17 bits per heavy atom. The van der Waals surface area contributed by atoms with Gasteiger partial charge in [-0.25, -0.2) is 0 Å². The Bertz CT molecular complexity index is 394. The van der Waals surface area contributed by atoms with E-state index in [2.05, 4.69) is 17.0 Å². The molecule has 4 nitrogen and oxygen atoms in total. The van der Waals surface area contributed by atoms with Gasteiger partial charge in [0.05, 0.1) is 0 Å². The molecule has 0 atom stereocenters. The topological polar surface area (TPSA) is 49.6 Å². The summed E-state index contributed by atoms with van der Waals surface area (Å²) in [6.45, 7) is 6.37. The number of piperazine rings is 1. The molecule has 0 aromatic heterocycles. The predicted octanol–water partition coefficient (Wildman–Crippen LogP) is 0.975. The molecule has 1 aliphatic heterocycles. The van der Waals surface area contributed by atoms with E-state index in [0.29, 0.717) is 0 Å². The number of hydrogen-bond donors (Lipinski definition) is 1. The third-order valence-electron chi connectivity index (χ3n) is 3.51. The number of carbonyl (C=O) groups excluding carboxylic acids is 1. The minimum absolute atomic E-state index is 0.188. The van der Waals surface area contributed by atoms with Gasteiger partial charge in [0, 0.05) is 45.3 Å². The molecule has 1 amide bonds. The molecule has 1 aromatic rings. The molecule has 1 heterocycles. The zero-order valence-electron chi connectivity index (χ0n) is 10.9. The minimum Gasteiger partial charge on any atom is -0.399 e. The molecule has 1 saturated heterocycles. The normalized spacial score (nSPS) is 16.8. The first-order valence-electron chi connectivity index (χ1n) is 6.47.